The number of halogens is 1. The van der Waals surface area contributed by atoms with Crippen LogP contribution in [0.1, 0.15) is 11.5 Å². The van der Waals surface area contributed by atoms with Gasteiger partial charge in [-0.1, -0.05) is 12.1 Å². The Morgan fingerprint density at radius 1 is 1.15 bits per heavy atom. The van der Waals surface area contributed by atoms with Gasteiger partial charge in [0.1, 0.15) is 11.3 Å². The fraction of sp³-hybridized carbons (Fsp3) is 0.0625. The molecular weight excluding hydrogens is 255 g/mol. The number of rotatable bonds is 3. The summed E-state index contributed by atoms with van der Waals surface area (Å²) in [6.07, 6.45) is 3.32. The van der Waals surface area contributed by atoms with Gasteiger partial charge in [0.05, 0.1) is 0 Å². The monoisotopic (exact) mass is 268 g/mol. The third-order valence-electron chi connectivity index (χ3n) is 3.01. The van der Waals surface area contributed by atoms with Crippen molar-refractivity contribution in [2.45, 2.75) is 0 Å². The molecule has 100 valence electrons. The van der Waals surface area contributed by atoms with E-state index in [1.54, 1.807) is 25.3 Å². The van der Waals surface area contributed by atoms with E-state index in [-0.39, 0.29) is 5.82 Å². The minimum atomic E-state index is -0.288. The van der Waals surface area contributed by atoms with Crippen LogP contribution in [0.25, 0.3) is 23.3 Å². The van der Waals surface area contributed by atoms with Crippen LogP contribution in [0.2, 0.25) is 0 Å². The van der Waals surface area contributed by atoms with Crippen LogP contribution < -0.4 is 5.32 Å². The fourth-order valence-corrected chi connectivity index (χ4v) is 1.94. The minimum absolute atomic E-state index is 0.288. The van der Waals surface area contributed by atoms with E-state index < -0.39 is 0 Å². The molecule has 1 N–H and O–H groups in total. The van der Waals surface area contributed by atoms with Gasteiger partial charge in [-0.2, -0.15) is 0 Å². The van der Waals surface area contributed by atoms with Crippen molar-refractivity contribution in [3.8, 4) is 0 Å². The second kappa shape index (κ2) is 5.17. The van der Waals surface area contributed by atoms with Crippen molar-refractivity contribution in [2.24, 2.45) is 0 Å². The first kappa shape index (κ1) is 12.4. The number of oxazole rings is 1. The topological polar surface area (TPSA) is 38.1 Å². The molecule has 20 heavy (non-hydrogen) atoms. The third-order valence-corrected chi connectivity index (χ3v) is 3.01. The van der Waals surface area contributed by atoms with E-state index in [4.69, 9.17) is 4.42 Å². The lowest BCUT2D eigenvalue weighted by molar-refractivity contribution is 0.589. The molecule has 3 aromatic rings. The molecule has 1 heterocycles. The Balaban J connectivity index is 1.89. The molecule has 0 bridgehead atoms. The van der Waals surface area contributed by atoms with E-state index in [9.17, 15) is 4.39 Å². The molecule has 4 heteroatoms. The maximum atomic E-state index is 13.8. The normalized spacial score (nSPS) is 11.3. The number of fused-ring (bicyclic) bond motifs is 1. The summed E-state index contributed by atoms with van der Waals surface area (Å²) in [6.45, 7) is 0. The molecule has 2 aromatic carbocycles. The average molecular weight is 268 g/mol. The number of nitrogens with one attached hydrogen (secondary N) is 1. The van der Waals surface area contributed by atoms with Gasteiger partial charge in [-0.25, -0.2) is 9.37 Å². The molecule has 0 amide bonds. The fourth-order valence-electron chi connectivity index (χ4n) is 1.94. The van der Waals surface area contributed by atoms with Gasteiger partial charge >= 0.3 is 0 Å². The summed E-state index contributed by atoms with van der Waals surface area (Å²) in [5.74, 6) is 0.174. The lowest BCUT2D eigenvalue weighted by Gasteiger charge is -2.01. The van der Waals surface area contributed by atoms with E-state index in [1.807, 2.05) is 30.3 Å². The summed E-state index contributed by atoms with van der Waals surface area (Å²) in [7, 11) is 1.75. The molecule has 0 fully saturated rings. The maximum Gasteiger partial charge on any atom is 0.220 e. The molecule has 3 nitrogen and oxygen atoms in total. The second-order valence-corrected chi connectivity index (χ2v) is 4.34. The third kappa shape index (κ3) is 2.40. The summed E-state index contributed by atoms with van der Waals surface area (Å²) in [5, 5.41) is 2.89. The smallest absolute Gasteiger partial charge is 0.220 e. The summed E-state index contributed by atoms with van der Waals surface area (Å²) in [6, 6.07) is 12.5. The molecule has 0 saturated heterocycles. The second-order valence-electron chi connectivity index (χ2n) is 4.34. The molecule has 0 aliphatic heterocycles. The number of hydrogen-bond donors (Lipinski definition) is 1. The van der Waals surface area contributed by atoms with E-state index in [0.29, 0.717) is 11.5 Å². The van der Waals surface area contributed by atoms with Crippen LogP contribution in [0.4, 0.5) is 10.1 Å². The molecule has 0 spiro atoms. The van der Waals surface area contributed by atoms with Crippen molar-refractivity contribution in [1.82, 2.24) is 4.98 Å². The predicted octanol–water partition coefficient (Wildman–Crippen LogP) is 4.18. The number of benzene rings is 2. The molecule has 3 rings (SSSR count). The first-order chi connectivity index (χ1) is 9.76. The SMILES string of the molecule is CNc1ccc(/C=C/c2nc3ccccc3o2)c(F)c1. The highest BCUT2D eigenvalue weighted by Crippen LogP contribution is 2.19. The van der Waals surface area contributed by atoms with Crippen molar-refractivity contribution >= 4 is 28.9 Å². The summed E-state index contributed by atoms with van der Waals surface area (Å²) in [4.78, 5) is 4.30. The van der Waals surface area contributed by atoms with Gasteiger partial charge < -0.3 is 9.73 Å². The van der Waals surface area contributed by atoms with Crippen molar-refractivity contribution in [3.05, 3.63) is 59.7 Å². The lowest BCUT2D eigenvalue weighted by Crippen LogP contribution is -1.90. The highest BCUT2D eigenvalue weighted by molar-refractivity contribution is 5.76. The number of para-hydroxylation sites is 2. The van der Waals surface area contributed by atoms with Crippen LogP contribution >= 0.6 is 0 Å². The molecule has 0 unspecified atom stereocenters. The Morgan fingerprint density at radius 2 is 2.00 bits per heavy atom. The molecule has 1 aromatic heterocycles. The minimum Gasteiger partial charge on any atom is -0.437 e. The van der Waals surface area contributed by atoms with Crippen LogP contribution in [0, 0.1) is 5.82 Å². The highest BCUT2D eigenvalue weighted by Gasteiger charge is 2.03. The predicted molar refractivity (Wildman–Crippen MR) is 78.9 cm³/mol. The molecular formula is C16H13FN2O. The van der Waals surface area contributed by atoms with Gasteiger partial charge in [-0.15, -0.1) is 0 Å². The number of aromatic nitrogens is 1. The van der Waals surface area contributed by atoms with E-state index >= 15 is 0 Å². The quantitative estimate of drug-likeness (QED) is 0.774. The zero-order chi connectivity index (χ0) is 13.9. The van der Waals surface area contributed by atoms with Gasteiger partial charge in [0.15, 0.2) is 5.58 Å². The summed E-state index contributed by atoms with van der Waals surface area (Å²) < 4.78 is 19.3. The van der Waals surface area contributed by atoms with Crippen molar-refractivity contribution in [3.63, 3.8) is 0 Å². The number of hydrogen-bond acceptors (Lipinski definition) is 3. The lowest BCUT2D eigenvalue weighted by atomic mass is 10.2. The standard InChI is InChI=1S/C16H13FN2O/c1-18-12-8-6-11(13(17)10-12)7-9-16-19-14-4-2-3-5-15(14)20-16/h2-10,18H,1H3/b9-7+. The van der Waals surface area contributed by atoms with Crippen LogP contribution in [0.5, 0.6) is 0 Å². The zero-order valence-electron chi connectivity index (χ0n) is 10.9. The van der Waals surface area contributed by atoms with E-state index in [1.165, 1.54) is 6.07 Å². The van der Waals surface area contributed by atoms with Crippen LogP contribution in [0.15, 0.2) is 46.9 Å². The summed E-state index contributed by atoms with van der Waals surface area (Å²) in [5.41, 5.74) is 2.74. The van der Waals surface area contributed by atoms with Gasteiger partial charge in [0.25, 0.3) is 0 Å². The Hall–Kier alpha value is -2.62. The van der Waals surface area contributed by atoms with Gasteiger partial charge in [0, 0.05) is 24.4 Å². The Kier molecular flexibility index (Phi) is 3.21. The van der Waals surface area contributed by atoms with Crippen LogP contribution in [0.3, 0.4) is 0 Å². The van der Waals surface area contributed by atoms with Crippen LogP contribution in [-0.4, -0.2) is 12.0 Å². The largest absolute Gasteiger partial charge is 0.437 e. The van der Waals surface area contributed by atoms with Crippen molar-refractivity contribution in [2.75, 3.05) is 12.4 Å². The molecule has 0 aliphatic carbocycles. The van der Waals surface area contributed by atoms with Gasteiger partial charge in [-0.05, 0) is 36.4 Å². The number of nitrogens with zero attached hydrogens (tertiary/aromatic N) is 1. The highest BCUT2D eigenvalue weighted by atomic mass is 19.1. The van der Waals surface area contributed by atoms with Crippen LogP contribution in [-0.2, 0) is 0 Å². The Labute approximate surface area is 115 Å². The first-order valence-corrected chi connectivity index (χ1v) is 6.27. The Bertz CT molecular complexity index is 744. The van der Waals surface area contributed by atoms with E-state index in [2.05, 4.69) is 10.3 Å². The molecule has 0 aliphatic rings. The number of anilines is 1. The van der Waals surface area contributed by atoms with Crippen molar-refractivity contribution < 1.29 is 8.81 Å². The molecule has 0 atom stereocenters. The van der Waals surface area contributed by atoms with E-state index in [0.717, 1.165) is 16.8 Å². The van der Waals surface area contributed by atoms with Gasteiger partial charge in [-0.3, -0.25) is 0 Å². The summed E-state index contributed by atoms with van der Waals surface area (Å²) >= 11 is 0. The molecule has 0 saturated carbocycles. The Morgan fingerprint density at radius 3 is 2.75 bits per heavy atom. The maximum absolute atomic E-state index is 13.8. The van der Waals surface area contributed by atoms with Gasteiger partial charge in [0.2, 0.25) is 5.89 Å². The average Bonchev–Trinajstić information content (AvgIpc) is 2.88. The first-order valence-electron chi connectivity index (χ1n) is 6.27. The van der Waals surface area contributed by atoms with Crippen molar-refractivity contribution in [1.29, 1.82) is 0 Å². The molecule has 0 radical (unpaired) electrons. The zero-order valence-corrected chi connectivity index (χ0v) is 10.9.